The van der Waals surface area contributed by atoms with Gasteiger partial charge in [0, 0.05) is 48.4 Å². The number of nitrogens with zero attached hydrogens (tertiary/aromatic N) is 2. The lowest BCUT2D eigenvalue weighted by molar-refractivity contribution is 0.0908. The molecule has 0 radical (unpaired) electrons. The minimum atomic E-state index is -0.202. The lowest BCUT2D eigenvalue weighted by Crippen LogP contribution is -2.51. The van der Waals surface area contributed by atoms with E-state index < -0.39 is 0 Å². The van der Waals surface area contributed by atoms with E-state index in [0.29, 0.717) is 29.8 Å². The molecule has 6 rings (SSSR count). The van der Waals surface area contributed by atoms with Gasteiger partial charge in [-0.3, -0.25) is 9.59 Å². The lowest BCUT2D eigenvalue weighted by Gasteiger charge is -2.40. The number of nitrogens with one attached hydrogen (secondary N) is 3. The second-order valence-electron chi connectivity index (χ2n) is 11.1. The minimum absolute atomic E-state index is 0.0108. The number of piperidine rings is 1. The fourth-order valence-corrected chi connectivity index (χ4v) is 6.53. The van der Waals surface area contributed by atoms with Gasteiger partial charge in [-0.15, -0.1) is 0 Å². The van der Waals surface area contributed by atoms with E-state index in [2.05, 4.69) is 32.8 Å². The van der Waals surface area contributed by atoms with Crippen molar-refractivity contribution < 1.29 is 14.3 Å². The first-order valence-electron chi connectivity index (χ1n) is 13.2. The quantitative estimate of drug-likeness (QED) is 0.598. The summed E-state index contributed by atoms with van der Waals surface area (Å²) in [7, 11) is 0. The maximum Gasteiger partial charge on any atom is 0.253 e. The molecular weight excluding hydrogens is 454 g/mol. The van der Waals surface area contributed by atoms with E-state index in [1.54, 1.807) is 6.20 Å². The molecule has 4 aliphatic rings. The Labute approximate surface area is 212 Å². The number of carbonyl (C=O) groups excluding carboxylic acids is 2. The maximum atomic E-state index is 13.1. The van der Waals surface area contributed by atoms with Crippen LogP contribution in [-0.4, -0.2) is 60.2 Å². The Morgan fingerprint density at radius 3 is 2.64 bits per heavy atom. The number of carbonyl (C=O) groups is 2. The predicted molar refractivity (Wildman–Crippen MR) is 138 cm³/mol. The summed E-state index contributed by atoms with van der Waals surface area (Å²) >= 11 is 0. The third-order valence-electron chi connectivity index (χ3n) is 8.48. The van der Waals surface area contributed by atoms with Crippen LogP contribution in [0.25, 0.3) is 0 Å². The van der Waals surface area contributed by atoms with E-state index in [9.17, 15) is 9.59 Å². The molecule has 5 heterocycles. The summed E-state index contributed by atoms with van der Waals surface area (Å²) in [6.07, 6.45) is 7.53. The zero-order valence-corrected chi connectivity index (χ0v) is 21.1. The molecule has 2 unspecified atom stereocenters. The average Bonchev–Trinajstić information content (AvgIpc) is 3.58. The molecule has 1 aromatic carbocycles. The fourth-order valence-electron chi connectivity index (χ4n) is 6.53. The van der Waals surface area contributed by atoms with Gasteiger partial charge in [-0.2, -0.15) is 0 Å². The Hall–Kier alpha value is -3.13. The number of rotatable bonds is 5. The summed E-state index contributed by atoms with van der Waals surface area (Å²) in [5.41, 5.74) is 3.23. The molecule has 36 heavy (non-hydrogen) atoms. The smallest absolute Gasteiger partial charge is 0.253 e. The van der Waals surface area contributed by atoms with Crippen molar-refractivity contribution in [3.63, 3.8) is 0 Å². The fraction of sp³-hybridized carbons (Fsp3) is 0.536. The molecule has 3 saturated heterocycles. The van der Waals surface area contributed by atoms with Crippen molar-refractivity contribution in [2.75, 3.05) is 24.6 Å². The zero-order valence-electron chi connectivity index (χ0n) is 21.1. The molecule has 190 valence electrons. The summed E-state index contributed by atoms with van der Waals surface area (Å²) in [6.45, 7) is 6.46. The molecule has 2 amide bonds. The Balaban J connectivity index is 1.10. The number of hydrogen-bond acceptors (Lipinski definition) is 6. The third kappa shape index (κ3) is 4.21. The Kier molecular flexibility index (Phi) is 5.86. The minimum Gasteiger partial charge on any atom is -0.493 e. The topological polar surface area (TPSA) is 95.6 Å². The largest absolute Gasteiger partial charge is 0.493 e. The van der Waals surface area contributed by atoms with Gasteiger partial charge < -0.3 is 25.6 Å². The molecule has 1 aromatic heterocycles. The van der Waals surface area contributed by atoms with Gasteiger partial charge in [-0.1, -0.05) is 6.07 Å². The van der Waals surface area contributed by atoms with E-state index >= 15 is 0 Å². The zero-order chi connectivity index (χ0) is 24.9. The van der Waals surface area contributed by atoms with Crippen LogP contribution in [-0.2, 0) is 6.42 Å². The molecule has 4 aliphatic heterocycles. The lowest BCUT2D eigenvalue weighted by atomic mass is 9.96. The standard InChI is InChI=1S/C28H35N5O3/c1-17-23(7-3-18-9-12-36-25(17)18)27(35)31-20-13-21-5-6-22(14-20)33(21)24-8-4-19(15-30-24)26(34)32-28(2)10-11-29-16-28/h3-4,7-8,15,20-22,29H,5-6,9-14,16H2,1-2H3,(H,31,35)(H,32,34)/t20?,21?,22?,28-/m1/s1. The molecule has 3 N–H and O–H groups in total. The first-order chi connectivity index (χ1) is 17.4. The number of ether oxygens (including phenoxy) is 1. The number of anilines is 1. The van der Waals surface area contributed by atoms with Gasteiger partial charge in [0.25, 0.3) is 11.8 Å². The van der Waals surface area contributed by atoms with E-state index in [1.165, 1.54) is 5.56 Å². The van der Waals surface area contributed by atoms with E-state index in [-0.39, 0.29) is 23.4 Å². The average molecular weight is 490 g/mol. The van der Waals surface area contributed by atoms with Crippen LogP contribution in [0.1, 0.15) is 70.9 Å². The van der Waals surface area contributed by atoms with Crippen LogP contribution < -0.4 is 25.6 Å². The number of pyridine rings is 1. The van der Waals surface area contributed by atoms with Gasteiger partial charge in [0.05, 0.1) is 17.7 Å². The molecule has 0 saturated carbocycles. The molecule has 2 aromatic rings. The summed E-state index contributed by atoms with van der Waals surface area (Å²) in [6, 6.07) is 8.65. The van der Waals surface area contributed by atoms with E-state index in [4.69, 9.17) is 4.74 Å². The molecular formula is C28H35N5O3. The van der Waals surface area contributed by atoms with Crippen molar-refractivity contribution in [1.29, 1.82) is 0 Å². The van der Waals surface area contributed by atoms with Gasteiger partial charge >= 0.3 is 0 Å². The summed E-state index contributed by atoms with van der Waals surface area (Å²) in [4.78, 5) is 33.0. The van der Waals surface area contributed by atoms with Crippen molar-refractivity contribution in [3.05, 3.63) is 52.7 Å². The van der Waals surface area contributed by atoms with Gasteiger partial charge in [-0.05, 0) is 76.3 Å². The highest BCUT2D eigenvalue weighted by atomic mass is 16.5. The van der Waals surface area contributed by atoms with Crippen molar-refractivity contribution in [3.8, 4) is 5.75 Å². The first kappa shape index (κ1) is 23.3. The molecule has 0 aliphatic carbocycles. The van der Waals surface area contributed by atoms with Gasteiger partial charge in [-0.25, -0.2) is 4.98 Å². The maximum absolute atomic E-state index is 13.1. The van der Waals surface area contributed by atoms with Crippen LogP contribution in [0.2, 0.25) is 0 Å². The van der Waals surface area contributed by atoms with Crippen molar-refractivity contribution >= 4 is 17.6 Å². The molecule has 0 spiro atoms. The number of hydrogen-bond donors (Lipinski definition) is 3. The normalized spacial score (nSPS) is 28.5. The predicted octanol–water partition coefficient (Wildman–Crippen LogP) is 2.74. The number of amides is 2. The summed E-state index contributed by atoms with van der Waals surface area (Å²) < 4.78 is 5.76. The van der Waals surface area contributed by atoms with Gasteiger partial charge in [0.15, 0.2) is 0 Å². The van der Waals surface area contributed by atoms with Crippen molar-refractivity contribution in [2.45, 2.75) is 76.0 Å². The number of benzene rings is 1. The highest BCUT2D eigenvalue weighted by Gasteiger charge is 2.42. The molecule has 3 fully saturated rings. The highest BCUT2D eigenvalue weighted by molar-refractivity contribution is 5.97. The van der Waals surface area contributed by atoms with Gasteiger partial charge in [0.1, 0.15) is 11.6 Å². The molecule has 3 atom stereocenters. The number of aromatic nitrogens is 1. The molecule has 8 nitrogen and oxygen atoms in total. The SMILES string of the molecule is Cc1c(C(=O)NC2CC3CCC(C2)N3c2ccc(C(=O)N[C@]3(C)CCNC3)cn2)ccc2c1OCC2. The summed E-state index contributed by atoms with van der Waals surface area (Å²) in [5.74, 6) is 1.72. The second-order valence-corrected chi connectivity index (χ2v) is 11.1. The second kappa shape index (κ2) is 9.07. The Morgan fingerprint density at radius 1 is 1.14 bits per heavy atom. The van der Waals surface area contributed by atoms with Crippen molar-refractivity contribution in [2.24, 2.45) is 0 Å². The van der Waals surface area contributed by atoms with Crippen LogP contribution >= 0.6 is 0 Å². The van der Waals surface area contributed by atoms with E-state index in [1.807, 2.05) is 31.2 Å². The first-order valence-corrected chi connectivity index (χ1v) is 13.2. The highest BCUT2D eigenvalue weighted by Crippen LogP contribution is 2.39. The Morgan fingerprint density at radius 2 is 1.94 bits per heavy atom. The van der Waals surface area contributed by atoms with Crippen LogP contribution in [0, 0.1) is 6.92 Å². The number of fused-ring (bicyclic) bond motifs is 3. The van der Waals surface area contributed by atoms with Crippen LogP contribution in [0.3, 0.4) is 0 Å². The Bertz CT molecular complexity index is 1160. The van der Waals surface area contributed by atoms with Crippen LogP contribution in [0.5, 0.6) is 5.75 Å². The molecule has 8 heteroatoms. The van der Waals surface area contributed by atoms with Gasteiger partial charge in [0.2, 0.25) is 0 Å². The van der Waals surface area contributed by atoms with Crippen LogP contribution in [0.15, 0.2) is 30.5 Å². The monoisotopic (exact) mass is 489 g/mol. The molecule has 2 bridgehead atoms. The summed E-state index contributed by atoms with van der Waals surface area (Å²) in [5, 5.41) is 9.76. The van der Waals surface area contributed by atoms with Crippen molar-refractivity contribution in [1.82, 2.24) is 20.9 Å². The van der Waals surface area contributed by atoms with Crippen LogP contribution in [0.4, 0.5) is 5.82 Å². The third-order valence-corrected chi connectivity index (χ3v) is 8.48. The van der Waals surface area contributed by atoms with E-state index in [0.717, 1.165) is 68.7 Å².